The average Bonchev–Trinajstić information content (AvgIpc) is 2.27. The minimum atomic E-state index is -0.170. The first-order valence-electron chi connectivity index (χ1n) is 7.44. The molecule has 1 unspecified atom stereocenters. The largest absolute Gasteiger partial charge is 0.374 e. The van der Waals surface area contributed by atoms with Crippen LogP contribution in [0.25, 0.3) is 0 Å². The zero-order chi connectivity index (χ0) is 13.1. The molecule has 0 aliphatic carbocycles. The molecule has 0 aromatic carbocycles. The molecule has 0 amide bonds. The SMILES string of the molecule is CCCCCCCCCC(N)C(C)(C)OCC. The molecular weight excluding hydrogens is 210 g/mol. The number of nitrogens with two attached hydrogens (primary N) is 1. The Bertz CT molecular complexity index is 168. The highest BCUT2D eigenvalue weighted by Crippen LogP contribution is 2.18. The van der Waals surface area contributed by atoms with Gasteiger partial charge in [-0.15, -0.1) is 0 Å². The summed E-state index contributed by atoms with van der Waals surface area (Å²) in [5.74, 6) is 0. The van der Waals surface area contributed by atoms with Crippen LogP contribution >= 0.6 is 0 Å². The molecule has 0 saturated carbocycles. The third kappa shape index (κ3) is 8.62. The third-order valence-electron chi connectivity index (χ3n) is 3.53. The van der Waals surface area contributed by atoms with Gasteiger partial charge >= 0.3 is 0 Å². The van der Waals surface area contributed by atoms with E-state index < -0.39 is 0 Å². The summed E-state index contributed by atoms with van der Waals surface area (Å²) in [6, 6.07) is 0.165. The first-order valence-corrected chi connectivity index (χ1v) is 7.44. The molecule has 0 aromatic rings. The van der Waals surface area contributed by atoms with Gasteiger partial charge in [0.05, 0.1) is 5.60 Å². The lowest BCUT2D eigenvalue weighted by Gasteiger charge is -2.31. The van der Waals surface area contributed by atoms with Crippen LogP contribution in [0.2, 0.25) is 0 Å². The number of hydrogen-bond acceptors (Lipinski definition) is 2. The van der Waals surface area contributed by atoms with Gasteiger partial charge in [-0.05, 0) is 27.2 Å². The molecular formula is C15H33NO. The molecule has 0 fully saturated rings. The van der Waals surface area contributed by atoms with Crippen molar-refractivity contribution in [2.45, 2.75) is 90.7 Å². The van der Waals surface area contributed by atoms with Gasteiger partial charge in [0.2, 0.25) is 0 Å². The summed E-state index contributed by atoms with van der Waals surface area (Å²) in [6.45, 7) is 9.24. The summed E-state index contributed by atoms with van der Waals surface area (Å²) in [4.78, 5) is 0. The van der Waals surface area contributed by atoms with Crippen molar-refractivity contribution in [3.63, 3.8) is 0 Å². The van der Waals surface area contributed by atoms with Crippen LogP contribution < -0.4 is 5.73 Å². The number of rotatable bonds is 11. The van der Waals surface area contributed by atoms with E-state index in [0.29, 0.717) is 0 Å². The molecule has 104 valence electrons. The van der Waals surface area contributed by atoms with Crippen LogP contribution in [0, 0.1) is 0 Å². The third-order valence-corrected chi connectivity index (χ3v) is 3.53. The maximum absolute atomic E-state index is 6.17. The minimum Gasteiger partial charge on any atom is -0.374 e. The van der Waals surface area contributed by atoms with Crippen molar-refractivity contribution in [2.24, 2.45) is 5.73 Å². The maximum Gasteiger partial charge on any atom is 0.0776 e. The van der Waals surface area contributed by atoms with E-state index in [2.05, 4.69) is 20.8 Å². The van der Waals surface area contributed by atoms with Gasteiger partial charge in [-0.25, -0.2) is 0 Å². The van der Waals surface area contributed by atoms with Crippen molar-refractivity contribution in [3.8, 4) is 0 Å². The van der Waals surface area contributed by atoms with Crippen LogP contribution in [-0.2, 0) is 4.74 Å². The van der Waals surface area contributed by atoms with Gasteiger partial charge in [0.1, 0.15) is 0 Å². The van der Waals surface area contributed by atoms with Crippen LogP contribution in [0.15, 0.2) is 0 Å². The lowest BCUT2D eigenvalue weighted by Crippen LogP contribution is -2.45. The van der Waals surface area contributed by atoms with E-state index in [1.165, 1.54) is 44.9 Å². The second kappa shape index (κ2) is 9.90. The van der Waals surface area contributed by atoms with Crippen molar-refractivity contribution >= 4 is 0 Å². The van der Waals surface area contributed by atoms with E-state index in [-0.39, 0.29) is 11.6 Å². The highest BCUT2D eigenvalue weighted by Gasteiger charge is 2.25. The van der Waals surface area contributed by atoms with Crippen molar-refractivity contribution in [1.29, 1.82) is 0 Å². The molecule has 0 aliphatic heterocycles. The lowest BCUT2D eigenvalue weighted by atomic mass is 9.94. The Morgan fingerprint density at radius 3 is 2.00 bits per heavy atom. The fourth-order valence-corrected chi connectivity index (χ4v) is 2.15. The highest BCUT2D eigenvalue weighted by atomic mass is 16.5. The van der Waals surface area contributed by atoms with Gasteiger partial charge in [-0.3, -0.25) is 0 Å². The Balaban J connectivity index is 3.47. The first kappa shape index (κ1) is 16.9. The van der Waals surface area contributed by atoms with E-state index in [0.717, 1.165) is 13.0 Å². The molecule has 0 radical (unpaired) electrons. The van der Waals surface area contributed by atoms with Gasteiger partial charge in [-0.1, -0.05) is 51.9 Å². The maximum atomic E-state index is 6.17. The summed E-state index contributed by atoms with van der Waals surface area (Å²) in [5.41, 5.74) is 6.01. The molecule has 2 nitrogen and oxygen atoms in total. The van der Waals surface area contributed by atoms with Gasteiger partial charge in [0, 0.05) is 12.6 Å². The Kier molecular flexibility index (Phi) is 9.85. The fourth-order valence-electron chi connectivity index (χ4n) is 2.15. The van der Waals surface area contributed by atoms with E-state index in [4.69, 9.17) is 10.5 Å². The second-order valence-electron chi connectivity index (χ2n) is 5.55. The van der Waals surface area contributed by atoms with E-state index >= 15 is 0 Å². The summed E-state index contributed by atoms with van der Waals surface area (Å²) < 4.78 is 5.68. The predicted octanol–water partition coefficient (Wildman–Crippen LogP) is 4.27. The molecule has 0 rings (SSSR count). The molecule has 0 bridgehead atoms. The topological polar surface area (TPSA) is 35.2 Å². The second-order valence-corrected chi connectivity index (χ2v) is 5.55. The van der Waals surface area contributed by atoms with Crippen LogP contribution in [0.3, 0.4) is 0 Å². The molecule has 0 aromatic heterocycles. The Labute approximate surface area is 108 Å². The molecule has 0 heterocycles. The van der Waals surface area contributed by atoms with Crippen molar-refractivity contribution in [2.75, 3.05) is 6.61 Å². The van der Waals surface area contributed by atoms with Gasteiger partial charge in [0.15, 0.2) is 0 Å². The summed E-state index contributed by atoms with van der Waals surface area (Å²) >= 11 is 0. The van der Waals surface area contributed by atoms with E-state index in [1.807, 2.05) is 6.92 Å². The van der Waals surface area contributed by atoms with Crippen molar-refractivity contribution in [3.05, 3.63) is 0 Å². The predicted molar refractivity (Wildman–Crippen MR) is 76.3 cm³/mol. The smallest absolute Gasteiger partial charge is 0.0776 e. The monoisotopic (exact) mass is 243 g/mol. The van der Waals surface area contributed by atoms with Crippen LogP contribution in [0.4, 0.5) is 0 Å². The molecule has 1 atom stereocenters. The van der Waals surface area contributed by atoms with Gasteiger partial charge in [0.25, 0.3) is 0 Å². The quantitative estimate of drug-likeness (QED) is 0.550. The normalized spacial score (nSPS) is 13.9. The van der Waals surface area contributed by atoms with Crippen molar-refractivity contribution < 1.29 is 4.74 Å². The Morgan fingerprint density at radius 2 is 1.47 bits per heavy atom. The van der Waals surface area contributed by atoms with E-state index in [1.54, 1.807) is 0 Å². The standard InChI is InChI=1S/C15H33NO/c1-5-7-8-9-10-11-12-13-14(16)15(3,4)17-6-2/h14H,5-13,16H2,1-4H3. The highest BCUT2D eigenvalue weighted by molar-refractivity contribution is 4.82. The zero-order valence-electron chi connectivity index (χ0n) is 12.4. The molecule has 17 heavy (non-hydrogen) atoms. The van der Waals surface area contributed by atoms with E-state index in [9.17, 15) is 0 Å². The number of unbranched alkanes of at least 4 members (excludes halogenated alkanes) is 6. The Morgan fingerprint density at radius 1 is 0.941 bits per heavy atom. The molecule has 0 spiro atoms. The fraction of sp³-hybridized carbons (Fsp3) is 1.00. The first-order chi connectivity index (χ1) is 8.04. The summed E-state index contributed by atoms with van der Waals surface area (Å²) in [5, 5.41) is 0. The molecule has 0 saturated heterocycles. The average molecular weight is 243 g/mol. The van der Waals surface area contributed by atoms with Gasteiger partial charge < -0.3 is 10.5 Å². The minimum absolute atomic E-state index is 0.165. The van der Waals surface area contributed by atoms with Crippen LogP contribution in [-0.4, -0.2) is 18.2 Å². The zero-order valence-corrected chi connectivity index (χ0v) is 12.4. The molecule has 2 N–H and O–H groups in total. The van der Waals surface area contributed by atoms with Gasteiger partial charge in [-0.2, -0.15) is 0 Å². The Hall–Kier alpha value is -0.0800. The molecule has 0 aliphatic rings. The number of ether oxygens (including phenoxy) is 1. The van der Waals surface area contributed by atoms with Crippen LogP contribution in [0.5, 0.6) is 0 Å². The number of hydrogen-bond donors (Lipinski definition) is 1. The summed E-state index contributed by atoms with van der Waals surface area (Å²) in [6.07, 6.45) is 10.5. The summed E-state index contributed by atoms with van der Waals surface area (Å²) in [7, 11) is 0. The van der Waals surface area contributed by atoms with Crippen molar-refractivity contribution in [1.82, 2.24) is 0 Å². The molecule has 2 heteroatoms. The van der Waals surface area contributed by atoms with Crippen LogP contribution in [0.1, 0.15) is 79.1 Å². The lowest BCUT2D eigenvalue weighted by molar-refractivity contribution is -0.0311.